The van der Waals surface area contributed by atoms with E-state index in [1.165, 1.54) is 0 Å². The molecule has 1 atom stereocenters. The van der Waals surface area contributed by atoms with Crippen LogP contribution in [0.3, 0.4) is 0 Å². The third kappa shape index (κ3) is 4.27. The zero-order valence-electron chi connectivity index (χ0n) is 11.9. The van der Waals surface area contributed by atoms with Gasteiger partial charge in [0.1, 0.15) is 22.6 Å². The highest BCUT2D eigenvalue weighted by Crippen LogP contribution is 2.21. The van der Waals surface area contributed by atoms with E-state index < -0.39 is 5.60 Å². The molecule has 1 saturated heterocycles. The van der Waals surface area contributed by atoms with Crippen molar-refractivity contribution in [2.45, 2.75) is 38.9 Å². The second-order valence-electron chi connectivity index (χ2n) is 5.77. The van der Waals surface area contributed by atoms with Gasteiger partial charge in [-0.15, -0.1) is 0 Å². The summed E-state index contributed by atoms with van der Waals surface area (Å²) >= 11 is 5.81. The van der Waals surface area contributed by atoms with Crippen molar-refractivity contribution in [2.75, 3.05) is 13.1 Å². The monoisotopic (exact) mass is 298 g/mol. The molecule has 0 bridgehead atoms. The van der Waals surface area contributed by atoms with E-state index in [9.17, 15) is 4.79 Å². The van der Waals surface area contributed by atoms with Gasteiger partial charge in [-0.05, 0) is 26.8 Å². The molecule has 20 heavy (non-hydrogen) atoms. The molecule has 1 aliphatic heterocycles. The van der Waals surface area contributed by atoms with Gasteiger partial charge in [-0.2, -0.15) is 0 Å². The highest BCUT2D eigenvalue weighted by molar-refractivity contribution is 6.29. The van der Waals surface area contributed by atoms with Gasteiger partial charge in [0.25, 0.3) is 0 Å². The van der Waals surface area contributed by atoms with Crippen molar-refractivity contribution >= 4 is 17.7 Å². The fourth-order valence-corrected chi connectivity index (χ4v) is 2.13. The molecule has 0 saturated carbocycles. The van der Waals surface area contributed by atoms with Gasteiger partial charge in [-0.3, -0.25) is 0 Å². The summed E-state index contributed by atoms with van der Waals surface area (Å²) in [7, 11) is 0. The van der Waals surface area contributed by atoms with Gasteiger partial charge < -0.3 is 14.4 Å². The molecule has 2 heterocycles. The van der Waals surface area contributed by atoms with E-state index in [-0.39, 0.29) is 12.2 Å². The Morgan fingerprint density at radius 2 is 2.25 bits per heavy atom. The molecule has 1 amide bonds. The zero-order chi connectivity index (χ0) is 14.8. The predicted molar refractivity (Wildman–Crippen MR) is 76.1 cm³/mol. The second-order valence-corrected chi connectivity index (χ2v) is 6.16. The van der Waals surface area contributed by atoms with Gasteiger partial charge in [0.2, 0.25) is 0 Å². The fraction of sp³-hybridized carbons (Fsp3) is 0.571. The summed E-state index contributed by atoms with van der Waals surface area (Å²) in [6.45, 7) is 6.73. The Morgan fingerprint density at radius 1 is 1.50 bits per heavy atom. The van der Waals surface area contributed by atoms with Crippen LogP contribution in [0.2, 0.25) is 5.15 Å². The molecular weight excluding hydrogens is 280 g/mol. The van der Waals surface area contributed by atoms with Crippen LogP contribution in [0.25, 0.3) is 0 Å². The van der Waals surface area contributed by atoms with Gasteiger partial charge >= 0.3 is 6.09 Å². The van der Waals surface area contributed by atoms with E-state index in [1.54, 1.807) is 23.2 Å². The standard InChI is InChI=1S/C14H19ClN2O3/c1-14(2,3)20-13(18)17-7-5-11(9-17)19-10-4-6-16-12(15)8-10/h4,6,8,11H,5,7,9H2,1-3H3/t11-/m0/s1. The number of ether oxygens (including phenoxy) is 2. The summed E-state index contributed by atoms with van der Waals surface area (Å²) in [4.78, 5) is 17.5. The van der Waals surface area contributed by atoms with Crippen LogP contribution in [-0.4, -0.2) is 40.8 Å². The Kier molecular flexibility index (Phi) is 4.38. The van der Waals surface area contributed by atoms with Crippen LogP contribution in [0.1, 0.15) is 27.2 Å². The maximum Gasteiger partial charge on any atom is 0.410 e. The highest BCUT2D eigenvalue weighted by Gasteiger charge is 2.30. The summed E-state index contributed by atoms with van der Waals surface area (Å²) in [5, 5.41) is 0.393. The fourth-order valence-electron chi connectivity index (χ4n) is 1.97. The molecule has 5 nitrogen and oxygen atoms in total. The molecule has 1 fully saturated rings. The molecule has 6 heteroatoms. The average molecular weight is 299 g/mol. The number of hydrogen-bond donors (Lipinski definition) is 0. The van der Waals surface area contributed by atoms with Crippen molar-refractivity contribution in [3.8, 4) is 5.75 Å². The Hall–Kier alpha value is -1.49. The van der Waals surface area contributed by atoms with E-state index in [4.69, 9.17) is 21.1 Å². The Balaban J connectivity index is 1.88. The zero-order valence-corrected chi connectivity index (χ0v) is 12.7. The smallest absolute Gasteiger partial charge is 0.410 e. The summed E-state index contributed by atoms with van der Waals surface area (Å²) < 4.78 is 11.1. The Bertz CT molecular complexity index is 488. The van der Waals surface area contributed by atoms with E-state index in [1.807, 2.05) is 20.8 Å². The van der Waals surface area contributed by atoms with Crippen LogP contribution in [0.5, 0.6) is 5.75 Å². The normalized spacial score (nSPS) is 19.0. The Morgan fingerprint density at radius 3 is 2.90 bits per heavy atom. The van der Waals surface area contributed by atoms with Gasteiger partial charge in [-0.25, -0.2) is 9.78 Å². The summed E-state index contributed by atoms with van der Waals surface area (Å²) in [6.07, 6.45) is 2.04. The van der Waals surface area contributed by atoms with Crippen LogP contribution >= 0.6 is 11.6 Å². The number of hydrogen-bond acceptors (Lipinski definition) is 4. The third-order valence-electron chi connectivity index (χ3n) is 2.80. The largest absolute Gasteiger partial charge is 0.488 e. The number of aromatic nitrogens is 1. The molecule has 0 spiro atoms. The van der Waals surface area contributed by atoms with Crippen molar-refractivity contribution in [3.63, 3.8) is 0 Å². The minimum atomic E-state index is -0.478. The minimum Gasteiger partial charge on any atom is -0.488 e. The van der Waals surface area contributed by atoms with Gasteiger partial charge in [0, 0.05) is 25.2 Å². The van der Waals surface area contributed by atoms with E-state index in [0.29, 0.717) is 24.0 Å². The molecule has 2 rings (SSSR count). The molecule has 110 valence electrons. The molecule has 0 radical (unpaired) electrons. The minimum absolute atomic E-state index is 0.0408. The van der Waals surface area contributed by atoms with E-state index in [2.05, 4.69) is 4.98 Å². The molecule has 0 unspecified atom stereocenters. The predicted octanol–water partition coefficient (Wildman–Crippen LogP) is 3.12. The van der Waals surface area contributed by atoms with Gasteiger partial charge in [0.05, 0.1) is 6.54 Å². The molecule has 1 aliphatic rings. The lowest BCUT2D eigenvalue weighted by molar-refractivity contribution is 0.0275. The molecule has 0 aromatic carbocycles. The summed E-state index contributed by atoms with van der Waals surface area (Å²) in [6, 6.07) is 3.42. The third-order valence-corrected chi connectivity index (χ3v) is 3.00. The molecule has 0 N–H and O–H groups in total. The topological polar surface area (TPSA) is 51.7 Å². The van der Waals surface area contributed by atoms with Crippen molar-refractivity contribution in [2.24, 2.45) is 0 Å². The average Bonchev–Trinajstić information content (AvgIpc) is 2.75. The van der Waals surface area contributed by atoms with Crippen molar-refractivity contribution in [1.82, 2.24) is 9.88 Å². The SMILES string of the molecule is CC(C)(C)OC(=O)N1CC[C@H](Oc2ccnc(Cl)c2)C1. The molecular formula is C14H19ClN2O3. The number of nitrogens with zero attached hydrogens (tertiary/aromatic N) is 2. The first-order valence-corrected chi connectivity index (χ1v) is 6.97. The van der Waals surface area contributed by atoms with Crippen molar-refractivity contribution in [1.29, 1.82) is 0 Å². The maximum atomic E-state index is 11.9. The number of likely N-dealkylation sites (tertiary alicyclic amines) is 1. The van der Waals surface area contributed by atoms with Gasteiger partial charge in [-0.1, -0.05) is 11.6 Å². The van der Waals surface area contributed by atoms with Crippen LogP contribution in [0.4, 0.5) is 4.79 Å². The summed E-state index contributed by atoms with van der Waals surface area (Å²) in [5.74, 6) is 0.668. The number of amides is 1. The maximum absolute atomic E-state index is 11.9. The Labute approximate surface area is 123 Å². The second kappa shape index (κ2) is 5.87. The number of halogens is 1. The molecule has 1 aromatic rings. The quantitative estimate of drug-likeness (QED) is 0.787. The first-order valence-electron chi connectivity index (χ1n) is 6.59. The summed E-state index contributed by atoms with van der Waals surface area (Å²) in [5.41, 5.74) is -0.478. The lowest BCUT2D eigenvalue weighted by Crippen LogP contribution is -2.36. The highest BCUT2D eigenvalue weighted by atomic mass is 35.5. The van der Waals surface area contributed by atoms with Crippen molar-refractivity contribution < 1.29 is 14.3 Å². The first-order chi connectivity index (χ1) is 9.33. The van der Waals surface area contributed by atoms with E-state index >= 15 is 0 Å². The number of pyridine rings is 1. The van der Waals surface area contributed by atoms with Crippen LogP contribution in [0.15, 0.2) is 18.3 Å². The van der Waals surface area contributed by atoms with Gasteiger partial charge in [0.15, 0.2) is 0 Å². The molecule has 1 aromatic heterocycles. The lowest BCUT2D eigenvalue weighted by atomic mass is 10.2. The van der Waals surface area contributed by atoms with Crippen LogP contribution < -0.4 is 4.74 Å². The van der Waals surface area contributed by atoms with Crippen LogP contribution in [0, 0.1) is 0 Å². The lowest BCUT2D eigenvalue weighted by Gasteiger charge is -2.24. The van der Waals surface area contributed by atoms with E-state index in [0.717, 1.165) is 6.42 Å². The number of carbonyl (C=O) groups is 1. The number of rotatable bonds is 2. The van der Waals surface area contributed by atoms with Crippen molar-refractivity contribution in [3.05, 3.63) is 23.5 Å². The first kappa shape index (κ1) is 14.9. The molecule has 0 aliphatic carbocycles. The number of carbonyl (C=O) groups excluding carboxylic acids is 1. The van der Waals surface area contributed by atoms with Crippen LogP contribution in [-0.2, 0) is 4.74 Å².